The molecule has 1 N–H and O–H groups in total. The van der Waals surface area contributed by atoms with E-state index in [2.05, 4.69) is 46.5 Å². The molecule has 4 aliphatic carbocycles. The Morgan fingerprint density at radius 1 is 1.20 bits per heavy atom. The van der Waals surface area contributed by atoms with Gasteiger partial charge in [-0.3, -0.25) is 0 Å². The van der Waals surface area contributed by atoms with Crippen molar-refractivity contribution in [1.82, 2.24) is 5.32 Å². The third-order valence-electron chi connectivity index (χ3n) is 5.89. The van der Waals surface area contributed by atoms with Crippen molar-refractivity contribution < 1.29 is 0 Å². The van der Waals surface area contributed by atoms with Gasteiger partial charge in [0.1, 0.15) is 0 Å². The summed E-state index contributed by atoms with van der Waals surface area (Å²) in [6.45, 7) is 6.15. The van der Waals surface area contributed by atoms with Gasteiger partial charge in [-0.15, -0.1) is 11.3 Å². The van der Waals surface area contributed by atoms with Crippen LogP contribution in [-0.2, 0) is 6.54 Å². The summed E-state index contributed by atoms with van der Waals surface area (Å²) in [5.74, 6) is 0.976. The molecule has 4 aliphatic rings. The zero-order valence-corrected chi connectivity index (χ0v) is 14.9. The van der Waals surface area contributed by atoms with Gasteiger partial charge in [-0.25, -0.2) is 0 Å². The first-order valence-electron chi connectivity index (χ1n) is 7.86. The normalized spacial score (nSPS) is 46.0. The lowest BCUT2D eigenvalue weighted by atomic mass is 9.43. The van der Waals surface area contributed by atoms with Crippen LogP contribution < -0.4 is 5.32 Å². The fourth-order valence-electron chi connectivity index (χ4n) is 6.37. The largest absolute Gasteiger partial charge is 0.306 e. The molecular formula is C17H24BrNS. The lowest BCUT2D eigenvalue weighted by Gasteiger charge is -2.65. The highest BCUT2D eigenvalue weighted by Gasteiger charge is 2.59. The summed E-state index contributed by atoms with van der Waals surface area (Å²) in [5, 5.41) is 6.19. The Labute approximate surface area is 134 Å². The van der Waals surface area contributed by atoms with Gasteiger partial charge >= 0.3 is 0 Å². The molecular weight excluding hydrogens is 330 g/mol. The van der Waals surface area contributed by atoms with Crippen molar-refractivity contribution in [1.29, 1.82) is 0 Å². The van der Waals surface area contributed by atoms with Crippen LogP contribution in [0.3, 0.4) is 0 Å². The molecule has 4 fully saturated rings. The molecule has 3 heteroatoms. The Bertz CT molecular complexity index is 519. The van der Waals surface area contributed by atoms with Crippen molar-refractivity contribution in [3.8, 4) is 0 Å². The van der Waals surface area contributed by atoms with Crippen molar-refractivity contribution in [3.63, 3.8) is 0 Å². The lowest BCUT2D eigenvalue weighted by molar-refractivity contribution is -0.118. The molecule has 1 aromatic heterocycles. The van der Waals surface area contributed by atoms with Crippen molar-refractivity contribution >= 4 is 27.3 Å². The first kappa shape index (κ1) is 13.8. The Hall–Kier alpha value is 0.140. The molecule has 4 saturated carbocycles. The van der Waals surface area contributed by atoms with Gasteiger partial charge in [0.05, 0.1) is 0 Å². The van der Waals surface area contributed by atoms with Crippen molar-refractivity contribution in [3.05, 3.63) is 20.8 Å². The number of nitrogens with one attached hydrogen (secondary N) is 1. The van der Waals surface area contributed by atoms with Gasteiger partial charge in [0.15, 0.2) is 0 Å². The summed E-state index contributed by atoms with van der Waals surface area (Å²) in [6, 6.07) is 2.27. The summed E-state index contributed by atoms with van der Waals surface area (Å²) in [6.07, 6.45) is 8.65. The fourth-order valence-corrected chi connectivity index (χ4v) is 7.76. The molecule has 2 unspecified atom stereocenters. The van der Waals surface area contributed by atoms with Crippen molar-refractivity contribution in [2.24, 2.45) is 16.7 Å². The minimum absolute atomic E-state index is 0.430. The minimum Gasteiger partial charge on any atom is -0.306 e. The third kappa shape index (κ3) is 2.30. The predicted molar refractivity (Wildman–Crippen MR) is 89.0 cm³/mol. The topological polar surface area (TPSA) is 12.0 Å². The highest BCUT2D eigenvalue weighted by molar-refractivity contribution is 9.10. The van der Waals surface area contributed by atoms with Crippen molar-refractivity contribution in [2.75, 3.05) is 0 Å². The molecule has 4 bridgehead atoms. The molecule has 0 aromatic carbocycles. The average Bonchev–Trinajstić information content (AvgIpc) is 2.68. The van der Waals surface area contributed by atoms with Gasteiger partial charge in [-0.2, -0.15) is 0 Å². The van der Waals surface area contributed by atoms with Gasteiger partial charge < -0.3 is 5.32 Å². The maximum Gasteiger partial charge on any atom is 0.0305 e. The second kappa shape index (κ2) is 4.33. The number of thiophene rings is 1. The van der Waals surface area contributed by atoms with E-state index in [1.54, 1.807) is 0 Å². The van der Waals surface area contributed by atoms with Gasteiger partial charge in [0, 0.05) is 26.8 Å². The lowest BCUT2D eigenvalue weighted by Crippen LogP contribution is -2.63. The van der Waals surface area contributed by atoms with Crippen LogP contribution in [0.5, 0.6) is 0 Å². The first-order valence-corrected chi connectivity index (χ1v) is 9.53. The highest BCUT2D eigenvalue weighted by atomic mass is 79.9. The summed E-state index contributed by atoms with van der Waals surface area (Å²) < 4.78 is 1.23. The Morgan fingerprint density at radius 3 is 2.45 bits per heavy atom. The van der Waals surface area contributed by atoms with Crippen molar-refractivity contribution in [2.45, 2.75) is 64.5 Å². The Kier molecular flexibility index (Phi) is 2.98. The Morgan fingerprint density at radius 2 is 1.90 bits per heavy atom. The van der Waals surface area contributed by atoms with E-state index < -0.39 is 0 Å². The molecule has 1 aromatic rings. The van der Waals surface area contributed by atoms with E-state index in [4.69, 9.17) is 0 Å². The number of rotatable bonds is 3. The molecule has 20 heavy (non-hydrogen) atoms. The maximum absolute atomic E-state index is 4.00. The van der Waals surface area contributed by atoms with Crippen LogP contribution in [0.4, 0.5) is 0 Å². The average molecular weight is 354 g/mol. The van der Waals surface area contributed by atoms with Crippen LogP contribution in [0.2, 0.25) is 0 Å². The highest BCUT2D eigenvalue weighted by Crippen LogP contribution is 2.66. The SMILES string of the molecule is C[C@]12CC3CC(NCc4cc(Br)cs4)(C1)C[C@@](C)(C3)C2. The van der Waals surface area contributed by atoms with E-state index >= 15 is 0 Å². The molecule has 0 saturated heterocycles. The van der Waals surface area contributed by atoms with Crippen LogP contribution in [0.25, 0.3) is 0 Å². The number of hydrogen-bond acceptors (Lipinski definition) is 2. The second-order valence-corrected chi connectivity index (χ2v) is 10.4. The van der Waals surface area contributed by atoms with E-state index in [1.165, 1.54) is 47.9 Å². The van der Waals surface area contributed by atoms with E-state index in [-0.39, 0.29) is 0 Å². The first-order chi connectivity index (χ1) is 9.38. The Balaban J connectivity index is 1.55. The van der Waals surface area contributed by atoms with Crippen LogP contribution in [0, 0.1) is 16.7 Å². The smallest absolute Gasteiger partial charge is 0.0305 e. The molecule has 5 rings (SSSR count). The number of hydrogen-bond donors (Lipinski definition) is 1. The molecule has 1 heterocycles. The molecule has 4 atom stereocenters. The molecule has 0 aliphatic heterocycles. The van der Waals surface area contributed by atoms with Crippen LogP contribution in [-0.4, -0.2) is 5.54 Å². The van der Waals surface area contributed by atoms with Crippen LogP contribution in [0.15, 0.2) is 15.9 Å². The van der Waals surface area contributed by atoms with Gasteiger partial charge in [-0.1, -0.05) is 13.8 Å². The predicted octanol–water partition coefficient (Wildman–Crippen LogP) is 5.35. The summed E-state index contributed by atoms with van der Waals surface area (Å²) >= 11 is 5.43. The van der Waals surface area contributed by atoms with E-state index in [0.29, 0.717) is 16.4 Å². The third-order valence-corrected chi connectivity index (χ3v) is 7.58. The molecule has 110 valence electrons. The monoisotopic (exact) mass is 353 g/mol. The molecule has 0 radical (unpaired) electrons. The molecule has 0 spiro atoms. The van der Waals surface area contributed by atoms with Gasteiger partial charge in [0.2, 0.25) is 0 Å². The standard InChI is InChI=1S/C17H24BrNS/c1-15-4-12-5-16(2,9-15)11-17(6-12,10-15)19-7-14-3-13(18)8-20-14/h3,8,12,19H,4-7,9-11H2,1-2H3/t12?,15-,16+,17?. The van der Waals surface area contributed by atoms with Gasteiger partial charge in [0.25, 0.3) is 0 Å². The summed E-state index contributed by atoms with van der Waals surface area (Å²) in [7, 11) is 0. The van der Waals surface area contributed by atoms with Gasteiger partial charge in [-0.05, 0) is 77.3 Å². The molecule has 1 nitrogen and oxygen atoms in total. The zero-order valence-electron chi connectivity index (χ0n) is 12.5. The number of halogens is 1. The summed E-state index contributed by atoms with van der Waals surface area (Å²) in [5.41, 5.74) is 1.65. The minimum atomic E-state index is 0.430. The quantitative estimate of drug-likeness (QED) is 0.772. The van der Waals surface area contributed by atoms with E-state index in [0.717, 1.165) is 12.5 Å². The van der Waals surface area contributed by atoms with Crippen LogP contribution in [0.1, 0.15) is 57.2 Å². The van der Waals surface area contributed by atoms with E-state index in [1.807, 2.05) is 11.3 Å². The van der Waals surface area contributed by atoms with Crippen LogP contribution >= 0.6 is 27.3 Å². The second-order valence-electron chi connectivity index (χ2n) is 8.50. The summed E-state index contributed by atoms with van der Waals surface area (Å²) in [4.78, 5) is 1.46. The van der Waals surface area contributed by atoms with E-state index in [9.17, 15) is 0 Å². The maximum atomic E-state index is 4.00. The zero-order chi connectivity index (χ0) is 14.0. The molecule has 0 amide bonds. The fraction of sp³-hybridized carbons (Fsp3) is 0.765.